The van der Waals surface area contributed by atoms with E-state index in [9.17, 15) is 4.79 Å². The lowest BCUT2D eigenvalue weighted by molar-refractivity contribution is -0.0765. The molecule has 2 aliphatic heterocycles. The van der Waals surface area contributed by atoms with Gasteiger partial charge in [0.2, 0.25) is 0 Å². The number of para-hydroxylation sites is 1. The van der Waals surface area contributed by atoms with Crippen molar-refractivity contribution in [2.24, 2.45) is 0 Å². The van der Waals surface area contributed by atoms with Crippen molar-refractivity contribution < 1.29 is 14.3 Å². The van der Waals surface area contributed by atoms with E-state index in [1.165, 1.54) is 16.9 Å². The van der Waals surface area contributed by atoms with Crippen LogP contribution < -0.4 is 10.1 Å². The molecular formula is C23H31N3O3S. The lowest BCUT2D eigenvalue weighted by Gasteiger charge is -2.39. The lowest BCUT2D eigenvalue weighted by Crippen LogP contribution is -2.44. The number of ether oxygens (including phenoxy) is 2. The molecule has 0 bridgehead atoms. The summed E-state index contributed by atoms with van der Waals surface area (Å²) in [6, 6.07) is 8.32. The maximum Gasteiger partial charge on any atom is 0.270 e. The van der Waals surface area contributed by atoms with Crippen molar-refractivity contribution in [2.75, 3.05) is 26.2 Å². The first-order valence-electron chi connectivity index (χ1n) is 10.9. The number of aromatic nitrogens is 1. The maximum atomic E-state index is 12.2. The molecule has 1 atom stereocenters. The van der Waals surface area contributed by atoms with Crippen LogP contribution in [-0.4, -0.2) is 53.7 Å². The summed E-state index contributed by atoms with van der Waals surface area (Å²) in [6.45, 7) is 8.15. The molecule has 3 heterocycles. The summed E-state index contributed by atoms with van der Waals surface area (Å²) in [7, 11) is 0. The van der Waals surface area contributed by atoms with E-state index in [-0.39, 0.29) is 17.6 Å². The zero-order chi connectivity index (χ0) is 21.0. The van der Waals surface area contributed by atoms with Crippen molar-refractivity contribution >= 4 is 17.2 Å². The fraction of sp³-hybridized carbons (Fsp3) is 0.565. The predicted octanol–water partition coefficient (Wildman–Crippen LogP) is 3.79. The summed E-state index contributed by atoms with van der Waals surface area (Å²) < 4.78 is 12.2. The highest BCUT2D eigenvalue weighted by molar-refractivity contribution is 7.09. The zero-order valence-electron chi connectivity index (χ0n) is 17.9. The fourth-order valence-corrected chi connectivity index (χ4v) is 5.06. The standard InChI is InChI=1S/C23H31N3O3S/c1-3-28-21-7-5-4-6-18(21)15-26-12-10-23(11-13-26)9-8-19(29-23)14-24-22(27)20-16-30-17(2)25-20/h4-7,16,19H,3,8-15H2,1-2H3,(H,24,27)/t19-/m1/s1. The average Bonchev–Trinajstić information content (AvgIpc) is 3.36. The van der Waals surface area contributed by atoms with Crippen LogP contribution in [-0.2, 0) is 11.3 Å². The number of likely N-dealkylation sites (tertiary alicyclic amines) is 1. The largest absolute Gasteiger partial charge is 0.494 e. The van der Waals surface area contributed by atoms with Gasteiger partial charge in [-0.3, -0.25) is 9.69 Å². The van der Waals surface area contributed by atoms with E-state index in [4.69, 9.17) is 9.47 Å². The molecule has 7 heteroatoms. The Morgan fingerprint density at radius 3 is 2.87 bits per heavy atom. The Morgan fingerprint density at radius 2 is 2.13 bits per heavy atom. The number of rotatable bonds is 7. The highest BCUT2D eigenvalue weighted by atomic mass is 32.1. The summed E-state index contributed by atoms with van der Waals surface area (Å²) in [5, 5.41) is 5.71. The molecule has 0 aliphatic carbocycles. The molecule has 30 heavy (non-hydrogen) atoms. The van der Waals surface area contributed by atoms with Crippen LogP contribution in [0.1, 0.15) is 53.7 Å². The molecule has 1 amide bonds. The number of benzene rings is 1. The van der Waals surface area contributed by atoms with E-state index in [0.717, 1.165) is 56.1 Å². The van der Waals surface area contributed by atoms with Crippen molar-refractivity contribution in [3.63, 3.8) is 0 Å². The molecule has 2 saturated heterocycles. The summed E-state index contributed by atoms with van der Waals surface area (Å²) in [5.41, 5.74) is 1.73. The van der Waals surface area contributed by atoms with Crippen LogP contribution >= 0.6 is 11.3 Å². The first-order valence-corrected chi connectivity index (χ1v) is 11.8. The molecular weight excluding hydrogens is 398 g/mol. The van der Waals surface area contributed by atoms with E-state index >= 15 is 0 Å². The summed E-state index contributed by atoms with van der Waals surface area (Å²) in [6.07, 6.45) is 4.26. The number of amides is 1. The number of nitrogens with one attached hydrogen (secondary N) is 1. The highest BCUT2D eigenvalue weighted by Crippen LogP contribution is 2.39. The first-order chi connectivity index (χ1) is 14.6. The summed E-state index contributed by atoms with van der Waals surface area (Å²) >= 11 is 1.50. The van der Waals surface area contributed by atoms with Gasteiger partial charge >= 0.3 is 0 Å². The molecule has 0 unspecified atom stereocenters. The highest BCUT2D eigenvalue weighted by Gasteiger charge is 2.42. The minimum absolute atomic E-state index is 0.0252. The van der Waals surface area contributed by atoms with E-state index in [0.29, 0.717) is 18.8 Å². The van der Waals surface area contributed by atoms with Gasteiger partial charge in [0.15, 0.2) is 0 Å². The van der Waals surface area contributed by atoms with E-state index in [1.807, 2.05) is 19.9 Å². The van der Waals surface area contributed by atoms with Gasteiger partial charge in [0.25, 0.3) is 5.91 Å². The van der Waals surface area contributed by atoms with Crippen LogP contribution in [0.2, 0.25) is 0 Å². The van der Waals surface area contributed by atoms with Crippen molar-refractivity contribution in [1.29, 1.82) is 0 Å². The molecule has 1 spiro atoms. The Morgan fingerprint density at radius 1 is 1.33 bits per heavy atom. The number of aryl methyl sites for hydroxylation is 1. The number of hydrogen-bond donors (Lipinski definition) is 1. The number of thiazole rings is 1. The van der Waals surface area contributed by atoms with Gasteiger partial charge in [0.05, 0.1) is 23.3 Å². The third-order valence-corrected chi connectivity index (χ3v) is 6.89. The molecule has 1 N–H and O–H groups in total. The topological polar surface area (TPSA) is 63.7 Å². The van der Waals surface area contributed by atoms with Crippen LogP contribution in [0.25, 0.3) is 0 Å². The normalized spacial score (nSPS) is 21.1. The summed E-state index contributed by atoms with van der Waals surface area (Å²) in [4.78, 5) is 19.0. The number of carbonyl (C=O) groups excluding carboxylic acids is 1. The minimum atomic E-state index is -0.105. The molecule has 1 aromatic heterocycles. The molecule has 2 fully saturated rings. The van der Waals surface area contributed by atoms with Crippen LogP contribution in [0.4, 0.5) is 0 Å². The fourth-order valence-electron chi connectivity index (χ4n) is 4.46. The smallest absolute Gasteiger partial charge is 0.270 e. The van der Waals surface area contributed by atoms with E-state index in [2.05, 4.69) is 33.4 Å². The first kappa shape index (κ1) is 21.3. The molecule has 0 saturated carbocycles. The third-order valence-electron chi connectivity index (χ3n) is 6.11. The molecule has 4 rings (SSSR count). The second-order valence-corrected chi connectivity index (χ2v) is 9.30. The van der Waals surface area contributed by atoms with Gasteiger partial charge in [-0.1, -0.05) is 18.2 Å². The van der Waals surface area contributed by atoms with Gasteiger partial charge in [0, 0.05) is 37.1 Å². The Labute approximate surface area is 182 Å². The lowest BCUT2D eigenvalue weighted by atomic mass is 9.88. The van der Waals surface area contributed by atoms with Crippen molar-refractivity contribution in [1.82, 2.24) is 15.2 Å². The molecule has 6 nitrogen and oxygen atoms in total. The van der Waals surface area contributed by atoms with Crippen molar-refractivity contribution in [3.05, 3.63) is 45.9 Å². The van der Waals surface area contributed by atoms with Gasteiger partial charge in [-0.2, -0.15) is 0 Å². The van der Waals surface area contributed by atoms with Gasteiger partial charge in [-0.25, -0.2) is 4.98 Å². The average molecular weight is 430 g/mol. The van der Waals surface area contributed by atoms with E-state index in [1.54, 1.807) is 5.38 Å². The van der Waals surface area contributed by atoms with Crippen molar-refractivity contribution in [3.8, 4) is 5.75 Å². The third kappa shape index (κ3) is 5.02. The number of hydrogen-bond acceptors (Lipinski definition) is 6. The number of piperidine rings is 1. The zero-order valence-corrected chi connectivity index (χ0v) is 18.7. The van der Waals surface area contributed by atoms with Crippen LogP contribution in [0.5, 0.6) is 5.75 Å². The number of carbonyl (C=O) groups is 1. The second-order valence-electron chi connectivity index (χ2n) is 8.24. The Balaban J connectivity index is 1.24. The van der Waals surface area contributed by atoms with Gasteiger partial charge in [-0.15, -0.1) is 11.3 Å². The molecule has 2 aliphatic rings. The van der Waals surface area contributed by atoms with Crippen LogP contribution in [0.3, 0.4) is 0 Å². The Hall–Kier alpha value is -1.96. The summed E-state index contributed by atoms with van der Waals surface area (Å²) in [5.74, 6) is 0.884. The second kappa shape index (κ2) is 9.45. The molecule has 2 aromatic rings. The maximum absolute atomic E-state index is 12.2. The quantitative estimate of drug-likeness (QED) is 0.725. The van der Waals surface area contributed by atoms with Crippen LogP contribution in [0, 0.1) is 6.92 Å². The predicted molar refractivity (Wildman–Crippen MR) is 118 cm³/mol. The number of nitrogens with zero attached hydrogens (tertiary/aromatic N) is 2. The van der Waals surface area contributed by atoms with E-state index < -0.39 is 0 Å². The molecule has 0 radical (unpaired) electrons. The Kier molecular flexibility index (Phi) is 6.71. The Bertz CT molecular complexity index is 861. The van der Waals surface area contributed by atoms with Gasteiger partial charge in [-0.05, 0) is 45.6 Å². The van der Waals surface area contributed by atoms with Gasteiger partial charge in [0.1, 0.15) is 11.4 Å². The monoisotopic (exact) mass is 429 g/mol. The molecule has 162 valence electrons. The van der Waals surface area contributed by atoms with Crippen molar-refractivity contribution in [2.45, 2.75) is 57.8 Å². The minimum Gasteiger partial charge on any atom is -0.494 e. The van der Waals surface area contributed by atoms with Crippen LogP contribution in [0.15, 0.2) is 29.6 Å². The molecule has 1 aromatic carbocycles. The van der Waals surface area contributed by atoms with Gasteiger partial charge < -0.3 is 14.8 Å². The SMILES string of the molecule is CCOc1ccccc1CN1CCC2(CC[C@H](CNC(=O)c3csc(C)n3)O2)CC1.